The maximum Gasteiger partial charge on any atom is 0.231 e. The molecule has 27 heavy (non-hydrogen) atoms. The number of ether oxygens (including phenoxy) is 2. The molecule has 0 atom stereocenters. The van der Waals surface area contributed by atoms with Crippen molar-refractivity contribution in [1.82, 2.24) is 0 Å². The number of Topliss-reactive ketones (excluding diaryl/α,β-unsaturated/α-hetero) is 1. The van der Waals surface area contributed by atoms with Crippen LogP contribution < -0.4 is 20.5 Å². The van der Waals surface area contributed by atoms with E-state index in [1.807, 2.05) is 18.2 Å². The predicted molar refractivity (Wildman–Crippen MR) is 105 cm³/mol. The van der Waals surface area contributed by atoms with Gasteiger partial charge in [0, 0.05) is 30.5 Å². The zero-order valence-corrected chi connectivity index (χ0v) is 15.6. The van der Waals surface area contributed by atoms with E-state index in [2.05, 4.69) is 5.32 Å². The molecule has 0 spiro atoms. The van der Waals surface area contributed by atoms with Crippen molar-refractivity contribution in [1.29, 1.82) is 0 Å². The van der Waals surface area contributed by atoms with Crippen molar-refractivity contribution in [2.45, 2.75) is 32.1 Å². The topological polar surface area (TPSA) is 90.7 Å². The second-order valence-corrected chi connectivity index (χ2v) is 6.60. The number of nitrogen functional groups attached to an aromatic ring is 1. The molecule has 2 aromatic carbocycles. The molecule has 2 aliphatic rings. The summed E-state index contributed by atoms with van der Waals surface area (Å²) < 4.78 is 10.5. The van der Waals surface area contributed by atoms with Crippen molar-refractivity contribution in [3.63, 3.8) is 0 Å². The fourth-order valence-electron chi connectivity index (χ4n) is 3.40. The van der Waals surface area contributed by atoms with Crippen LogP contribution in [-0.4, -0.2) is 18.5 Å². The highest BCUT2D eigenvalue weighted by molar-refractivity contribution is 6.01. The fourth-order valence-corrected chi connectivity index (χ4v) is 3.40. The molecule has 0 bridgehead atoms. The Morgan fingerprint density at radius 3 is 2.56 bits per heavy atom. The van der Waals surface area contributed by atoms with E-state index >= 15 is 0 Å². The van der Waals surface area contributed by atoms with Gasteiger partial charge in [-0.1, -0.05) is 12.1 Å². The van der Waals surface area contributed by atoms with Gasteiger partial charge in [-0.2, -0.15) is 0 Å². The van der Waals surface area contributed by atoms with Crippen LogP contribution in [0.2, 0.25) is 0 Å². The molecule has 3 N–H and O–H groups in total. The Morgan fingerprint density at radius 1 is 1.00 bits per heavy atom. The van der Waals surface area contributed by atoms with Crippen LogP contribution in [0.3, 0.4) is 0 Å². The van der Waals surface area contributed by atoms with Gasteiger partial charge in [-0.3, -0.25) is 9.59 Å². The number of amides is 1. The molecule has 0 saturated carbocycles. The van der Waals surface area contributed by atoms with Gasteiger partial charge in [-0.25, -0.2) is 0 Å². The van der Waals surface area contributed by atoms with E-state index in [1.165, 1.54) is 11.1 Å². The summed E-state index contributed by atoms with van der Waals surface area (Å²) in [6.45, 7) is 0.140. The number of aryl methyl sites for hydroxylation is 2. The molecule has 0 radical (unpaired) electrons. The fraction of sp³-hybridized carbons (Fsp3) is 0.300. The van der Waals surface area contributed by atoms with Crippen LogP contribution in [0.1, 0.15) is 40.7 Å². The van der Waals surface area contributed by atoms with Gasteiger partial charge in [0.25, 0.3) is 0 Å². The van der Waals surface area contributed by atoms with Crippen molar-refractivity contribution < 1.29 is 19.1 Å². The molecule has 2 aromatic rings. The summed E-state index contributed by atoms with van der Waals surface area (Å²) in [5.41, 5.74) is 10.1. The first-order chi connectivity index (χ1) is 12.6. The lowest BCUT2D eigenvalue weighted by Gasteiger charge is -2.09. The summed E-state index contributed by atoms with van der Waals surface area (Å²) >= 11 is 0. The lowest BCUT2D eigenvalue weighted by atomic mass is 10.0. The van der Waals surface area contributed by atoms with E-state index in [9.17, 15) is 9.59 Å². The Labute approximate surface area is 163 Å². The SMILES string of the molecule is Cl.Nc1cc2c(cc1NC(=O)CCC(=O)c1ccc3c(c1)CCC3)OCO2. The van der Waals surface area contributed by atoms with E-state index in [4.69, 9.17) is 15.2 Å². The molecule has 0 fully saturated rings. The number of hydrogen-bond acceptors (Lipinski definition) is 5. The smallest absolute Gasteiger partial charge is 0.231 e. The summed E-state index contributed by atoms with van der Waals surface area (Å²) in [6.07, 6.45) is 3.52. The number of halogens is 1. The van der Waals surface area contributed by atoms with E-state index < -0.39 is 0 Å². The van der Waals surface area contributed by atoms with E-state index in [1.54, 1.807) is 12.1 Å². The quantitative estimate of drug-likeness (QED) is 0.604. The van der Waals surface area contributed by atoms with Crippen molar-refractivity contribution in [3.8, 4) is 11.5 Å². The van der Waals surface area contributed by atoms with Crippen LogP contribution >= 0.6 is 12.4 Å². The first kappa shape index (κ1) is 19.0. The van der Waals surface area contributed by atoms with Crippen LogP contribution in [0, 0.1) is 0 Å². The molecule has 6 nitrogen and oxygen atoms in total. The highest BCUT2D eigenvalue weighted by Gasteiger charge is 2.18. The summed E-state index contributed by atoms with van der Waals surface area (Å²) in [6, 6.07) is 9.12. The molecule has 0 saturated heterocycles. The zero-order chi connectivity index (χ0) is 18.1. The minimum atomic E-state index is -0.259. The second kappa shape index (κ2) is 7.88. The van der Waals surface area contributed by atoms with Gasteiger partial charge in [0.1, 0.15) is 0 Å². The first-order valence-corrected chi connectivity index (χ1v) is 8.74. The molecule has 1 amide bonds. The highest BCUT2D eigenvalue weighted by atomic mass is 35.5. The summed E-state index contributed by atoms with van der Waals surface area (Å²) in [5, 5.41) is 2.74. The Hall–Kier alpha value is -2.73. The van der Waals surface area contributed by atoms with Gasteiger partial charge in [-0.05, 0) is 36.5 Å². The second-order valence-electron chi connectivity index (χ2n) is 6.60. The Balaban J connectivity index is 0.00000210. The van der Waals surface area contributed by atoms with Crippen molar-refractivity contribution in [3.05, 3.63) is 47.0 Å². The summed E-state index contributed by atoms with van der Waals surface area (Å²) in [4.78, 5) is 24.6. The molecule has 0 aromatic heterocycles. The average Bonchev–Trinajstić information content (AvgIpc) is 3.27. The van der Waals surface area contributed by atoms with Gasteiger partial charge >= 0.3 is 0 Å². The maximum atomic E-state index is 12.4. The number of nitrogens with two attached hydrogens (primary N) is 1. The van der Waals surface area contributed by atoms with Gasteiger partial charge < -0.3 is 20.5 Å². The summed E-state index contributed by atoms with van der Waals surface area (Å²) in [5.74, 6) is 0.828. The number of rotatable bonds is 5. The molecule has 0 unspecified atom stereocenters. The largest absolute Gasteiger partial charge is 0.454 e. The Morgan fingerprint density at radius 2 is 1.74 bits per heavy atom. The lowest BCUT2D eigenvalue weighted by Crippen LogP contribution is -2.14. The van der Waals surface area contributed by atoms with Gasteiger partial charge in [0.05, 0.1) is 11.4 Å². The molecular weight excluding hydrogens is 368 g/mol. The molecular formula is C20H21ClN2O4. The van der Waals surface area contributed by atoms with Gasteiger partial charge in [0.2, 0.25) is 12.7 Å². The van der Waals surface area contributed by atoms with Crippen molar-refractivity contribution >= 4 is 35.5 Å². The number of carbonyl (C=O) groups excluding carboxylic acids is 2. The monoisotopic (exact) mass is 388 g/mol. The van der Waals surface area contributed by atoms with E-state index in [0.29, 0.717) is 28.4 Å². The number of hydrogen-bond donors (Lipinski definition) is 2. The standard InChI is InChI=1S/C20H20N2O4.ClH/c21-15-9-18-19(26-11-25-18)10-16(15)22-20(24)7-6-17(23)14-5-4-12-2-1-3-13(12)8-14;/h4-5,8-10H,1-3,6-7,11,21H2,(H,22,24);1H. The van der Waals surface area contributed by atoms with Crippen molar-refractivity contribution in [2.75, 3.05) is 17.8 Å². The third kappa shape index (κ3) is 4.01. The first-order valence-electron chi connectivity index (χ1n) is 8.74. The molecule has 1 aliphatic carbocycles. The number of benzene rings is 2. The van der Waals surface area contributed by atoms with Gasteiger partial charge in [-0.15, -0.1) is 12.4 Å². The van der Waals surface area contributed by atoms with Crippen LogP contribution in [0.4, 0.5) is 11.4 Å². The normalized spacial score (nSPS) is 13.6. The predicted octanol–water partition coefficient (Wildman–Crippen LogP) is 3.51. The number of nitrogens with one attached hydrogen (secondary N) is 1. The number of ketones is 1. The van der Waals surface area contributed by atoms with Crippen LogP contribution in [-0.2, 0) is 17.6 Å². The van der Waals surface area contributed by atoms with E-state index in [-0.39, 0.29) is 43.7 Å². The number of carbonyl (C=O) groups is 2. The van der Waals surface area contributed by atoms with E-state index in [0.717, 1.165) is 19.3 Å². The summed E-state index contributed by atoms with van der Waals surface area (Å²) in [7, 11) is 0. The number of fused-ring (bicyclic) bond motifs is 2. The minimum absolute atomic E-state index is 0. The van der Waals surface area contributed by atoms with Crippen LogP contribution in [0.15, 0.2) is 30.3 Å². The molecule has 7 heteroatoms. The minimum Gasteiger partial charge on any atom is -0.454 e. The third-order valence-corrected chi connectivity index (χ3v) is 4.82. The van der Waals surface area contributed by atoms with Crippen LogP contribution in [0.25, 0.3) is 0 Å². The molecule has 4 rings (SSSR count). The molecule has 142 valence electrons. The third-order valence-electron chi connectivity index (χ3n) is 4.82. The number of anilines is 2. The van der Waals surface area contributed by atoms with Gasteiger partial charge in [0.15, 0.2) is 17.3 Å². The maximum absolute atomic E-state index is 12.4. The molecule has 1 heterocycles. The lowest BCUT2D eigenvalue weighted by molar-refractivity contribution is -0.116. The Bertz CT molecular complexity index is 898. The zero-order valence-electron chi connectivity index (χ0n) is 14.7. The van der Waals surface area contributed by atoms with Crippen LogP contribution in [0.5, 0.6) is 11.5 Å². The average molecular weight is 389 g/mol. The Kier molecular flexibility index (Phi) is 5.56. The highest BCUT2D eigenvalue weighted by Crippen LogP contribution is 2.38. The molecule has 1 aliphatic heterocycles. The van der Waals surface area contributed by atoms with Crippen molar-refractivity contribution in [2.24, 2.45) is 0 Å².